The van der Waals surface area contributed by atoms with Crippen LogP contribution in [-0.2, 0) is 19.1 Å². The number of imide groups is 1. The number of esters is 1. The molecule has 6 nitrogen and oxygen atoms in total. The molecule has 0 aromatic carbocycles. The molecule has 136 valence electrons. The summed E-state index contributed by atoms with van der Waals surface area (Å²) in [5, 5.41) is 3.90. The van der Waals surface area contributed by atoms with E-state index in [-0.39, 0.29) is 30.4 Å². The van der Waals surface area contributed by atoms with Gasteiger partial charge in [-0.3, -0.25) is 14.5 Å². The van der Waals surface area contributed by atoms with Gasteiger partial charge in [0.15, 0.2) is 0 Å². The molecule has 0 aliphatic carbocycles. The average Bonchev–Trinajstić information content (AvgIpc) is 3.26. The number of thiophene rings is 1. The van der Waals surface area contributed by atoms with Crippen LogP contribution in [0, 0.1) is 11.8 Å². The lowest BCUT2D eigenvalue weighted by atomic mass is 9.77. The fourth-order valence-corrected chi connectivity index (χ4v) is 5.29. The Hall–Kier alpha value is -1.73. The number of nitrogens with two attached hydrogens (primary N) is 1. The summed E-state index contributed by atoms with van der Waals surface area (Å²) in [6.45, 7) is 6.15. The lowest BCUT2D eigenvalue weighted by Crippen LogP contribution is -2.98. The number of likely N-dealkylation sites (tertiary alicyclic amines) is 1. The van der Waals surface area contributed by atoms with Crippen molar-refractivity contribution in [2.75, 3.05) is 13.2 Å². The van der Waals surface area contributed by atoms with Gasteiger partial charge in [-0.1, -0.05) is 13.0 Å². The van der Waals surface area contributed by atoms with Crippen LogP contribution >= 0.6 is 11.3 Å². The lowest BCUT2D eigenvalue weighted by Gasteiger charge is -2.29. The maximum Gasteiger partial charge on any atom is 0.368 e. The topological polar surface area (TPSA) is 80.3 Å². The monoisotopic (exact) mass is 365 g/mol. The maximum absolute atomic E-state index is 13.0. The second kappa shape index (κ2) is 6.88. The number of nitrogens with zero attached hydrogens (tertiary/aromatic N) is 1. The SMILES string of the molecule is CCC[C@@]1(C(=O)OCC)[NH2+][C@@H](c2cccs2)[C@H]2C(=O)N(CC)C(=O)[C@@H]21. The molecule has 0 unspecified atom stereocenters. The van der Waals surface area contributed by atoms with E-state index in [2.05, 4.69) is 0 Å². The second-order valence-electron chi connectivity index (χ2n) is 6.64. The van der Waals surface area contributed by atoms with E-state index in [9.17, 15) is 14.4 Å². The number of carbonyl (C=O) groups is 3. The fourth-order valence-electron chi connectivity index (χ4n) is 4.45. The van der Waals surface area contributed by atoms with Gasteiger partial charge in [0.1, 0.15) is 17.9 Å². The summed E-state index contributed by atoms with van der Waals surface area (Å²) in [5.74, 6) is -1.90. The van der Waals surface area contributed by atoms with Gasteiger partial charge < -0.3 is 10.1 Å². The summed E-state index contributed by atoms with van der Waals surface area (Å²) in [6.07, 6.45) is 1.26. The molecule has 0 radical (unpaired) electrons. The molecule has 2 fully saturated rings. The Morgan fingerprint density at radius 3 is 2.64 bits per heavy atom. The van der Waals surface area contributed by atoms with Crippen molar-refractivity contribution in [3.05, 3.63) is 22.4 Å². The van der Waals surface area contributed by atoms with E-state index in [0.717, 1.165) is 11.3 Å². The molecule has 7 heteroatoms. The van der Waals surface area contributed by atoms with Gasteiger partial charge in [0.25, 0.3) is 0 Å². The molecule has 2 amide bonds. The second-order valence-corrected chi connectivity index (χ2v) is 7.62. The first kappa shape index (κ1) is 18.1. The predicted molar refractivity (Wildman–Crippen MR) is 92.6 cm³/mol. The van der Waals surface area contributed by atoms with E-state index < -0.39 is 17.4 Å². The highest BCUT2D eigenvalue weighted by Gasteiger charge is 2.72. The first-order chi connectivity index (χ1) is 12.0. The number of quaternary nitrogens is 1. The van der Waals surface area contributed by atoms with E-state index in [4.69, 9.17) is 4.74 Å². The molecule has 2 aliphatic heterocycles. The molecule has 4 atom stereocenters. The molecule has 1 aromatic rings. The quantitative estimate of drug-likeness (QED) is 0.604. The van der Waals surface area contributed by atoms with Crippen LogP contribution in [0.2, 0.25) is 0 Å². The van der Waals surface area contributed by atoms with Gasteiger partial charge in [0.05, 0.1) is 11.5 Å². The third kappa shape index (κ3) is 2.60. The molecule has 3 rings (SSSR count). The lowest BCUT2D eigenvalue weighted by molar-refractivity contribution is -0.734. The highest BCUT2D eigenvalue weighted by molar-refractivity contribution is 7.10. The van der Waals surface area contributed by atoms with Crippen molar-refractivity contribution >= 4 is 29.1 Å². The average molecular weight is 365 g/mol. The molecule has 1 aromatic heterocycles. The van der Waals surface area contributed by atoms with Crippen molar-refractivity contribution in [1.82, 2.24) is 4.90 Å². The Morgan fingerprint density at radius 1 is 1.32 bits per heavy atom. The summed E-state index contributed by atoms with van der Waals surface area (Å²) in [7, 11) is 0. The number of amides is 2. The largest absolute Gasteiger partial charge is 0.461 e. The summed E-state index contributed by atoms with van der Waals surface area (Å²) < 4.78 is 5.36. The number of fused-ring (bicyclic) bond motifs is 1. The summed E-state index contributed by atoms with van der Waals surface area (Å²) in [6, 6.07) is 3.70. The van der Waals surface area contributed by atoms with Crippen LogP contribution in [0.5, 0.6) is 0 Å². The normalized spacial score (nSPS) is 31.5. The minimum atomic E-state index is -1.01. The van der Waals surface area contributed by atoms with Crippen LogP contribution in [0.4, 0.5) is 0 Å². The summed E-state index contributed by atoms with van der Waals surface area (Å²) >= 11 is 1.56. The van der Waals surface area contributed by atoms with E-state index in [0.29, 0.717) is 13.0 Å². The van der Waals surface area contributed by atoms with E-state index >= 15 is 0 Å². The molecular formula is C18H25N2O4S+. The van der Waals surface area contributed by atoms with Crippen molar-refractivity contribution < 1.29 is 24.4 Å². The Bertz CT molecular complexity index is 675. The highest BCUT2D eigenvalue weighted by atomic mass is 32.1. The van der Waals surface area contributed by atoms with Gasteiger partial charge in [-0.15, -0.1) is 11.3 Å². The van der Waals surface area contributed by atoms with E-state index in [1.807, 2.05) is 29.8 Å². The summed E-state index contributed by atoms with van der Waals surface area (Å²) in [4.78, 5) is 41.2. The molecule has 2 saturated heterocycles. The predicted octanol–water partition coefficient (Wildman–Crippen LogP) is 1.09. The summed E-state index contributed by atoms with van der Waals surface area (Å²) in [5.41, 5.74) is -1.01. The molecular weight excluding hydrogens is 340 g/mol. The standard InChI is InChI=1S/C18H24N2O4S/c1-4-9-18(17(23)24-6-3)13-12(15(21)20(5-2)16(13)22)14(19-18)11-8-7-10-25-11/h7-8,10,12-14,19H,4-6,9H2,1-3H3/p+1/t12-,13+,14-,18+/m0/s1. The number of hydrogen-bond donors (Lipinski definition) is 1. The van der Waals surface area contributed by atoms with Crippen molar-refractivity contribution in [2.24, 2.45) is 11.8 Å². The van der Waals surface area contributed by atoms with E-state index in [1.54, 1.807) is 25.2 Å². The minimum Gasteiger partial charge on any atom is -0.461 e. The highest BCUT2D eigenvalue weighted by Crippen LogP contribution is 2.46. The van der Waals surface area contributed by atoms with Crippen LogP contribution in [0.25, 0.3) is 0 Å². The molecule has 25 heavy (non-hydrogen) atoms. The number of carbonyl (C=O) groups excluding carboxylic acids is 3. The van der Waals surface area contributed by atoms with Gasteiger partial charge in [-0.2, -0.15) is 0 Å². The first-order valence-electron chi connectivity index (χ1n) is 8.93. The third-order valence-corrected chi connectivity index (χ3v) is 6.34. The number of rotatable bonds is 6. The van der Waals surface area contributed by atoms with Crippen LogP contribution in [-0.4, -0.2) is 41.4 Å². The maximum atomic E-state index is 13.0. The van der Waals surface area contributed by atoms with Crippen molar-refractivity contribution in [1.29, 1.82) is 0 Å². The zero-order valence-corrected chi connectivity index (χ0v) is 15.7. The molecule has 2 aliphatic rings. The van der Waals surface area contributed by atoms with Gasteiger partial charge >= 0.3 is 5.97 Å². The number of hydrogen-bond acceptors (Lipinski definition) is 5. The van der Waals surface area contributed by atoms with Crippen LogP contribution in [0.15, 0.2) is 17.5 Å². The van der Waals surface area contributed by atoms with Crippen LogP contribution in [0.1, 0.15) is 44.5 Å². The van der Waals surface area contributed by atoms with Crippen molar-refractivity contribution in [3.8, 4) is 0 Å². The Kier molecular flexibility index (Phi) is 4.97. The zero-order valence-electron chi connectivity index (χ0n) is 14.9. The molecule has 3 heterocycles. The molecule has 0 saturated carbocycles. The van der Waals surface area contributed by atoms with Gasteiger partial charge in [-0.25, -0.2) is 4.79 Å². The van der Waals surface area contributed by atoms with Gasteiger partial charge in [0.2, 0.25) is 17.4 Å². The Morgan fingerprint density at radius 2 is 2.08 bits per heavy atom. The van der Waals surface area contributed by atoms with Gasteiger partial charge in [0, 0.05) is 13.0 Å². The third-order valence-electron chi connectivity index (χ3n) is 5.37. The molecule has 0 spiro atoms. The minimum absolute atomic E-state index is 0.158. The Labute approximate surface area is 151 Å². The van der Waals surface area contributed by atoms with E-state index in [1.165, 1.54) is 4.90 Å². The smallest absolute Gasteiger partial charge is 0.368 e. The van der Waals surface area contributed by atoms with Crippen molar-refractivity contribution in [2.45, 2.75) is 45.2 Å². The fraction of sp³-hybridized carbons (Fsp3) is 0.611. The molecule has 2 N–H and O–H groups in total. The van der Waals surface area contributed by atoms with Crippen LogP contribution in [0.3, 0.4) is 0 Å². The van der Waals surface area contributed by atoms with Crippen LogP contribution < -0.4 is 5.32 Å². The Balaban J connectivity index is 2.11. The van der Waals surface area contributed by atoms with Crippen molar-refractivity contribution in [3.63, 3.8) is 0 Å². The van der Waals surface area contributed by atoms with Gasteiger partial charge in [-0.05, 0) is 31.7 Å². The first-order valence-corrected chi connectivity index (χ1v) is 9.81. The molecule has 0 bridgehead atoms. The number of ether oxygens (including phenoxy) is 1. The zero-order chi connectivity index (χ0) is 18.2.